The van der Waals surface area contributed by atoms with Crippen LogP contribution in [0.1, 0.15) is 34.1 Å². The summed E-state index contributed by atoms with van der Waals surface area (Å²) in [5.41, 5.74) is 5.74. The number of hydrogen-bond acceptors (Lipinski definition) is 2. The van der Waals surface area contributed by atoms with Crippen molar-refractivity contribution in [1.29, 1.82) is 0 Å². The Bertz CT molecular complexity index is 101. The van der Waals surface area contributed by atoms with Crippen LogP contribution in [-0.2, 0) is 4.79 Å². The molecule has 0 saturated carbocycles. The van der Waals surface area contributed by atoms with Crippen molar-refractivity contribution in [1.82, 2.24) is 0 Å². The minimum atomic E-state index is -0.833. The molecule has 0 bridgehead atoms. The lowest BCUT2D eigenvalue weighted by atomic mass is 9.93. The number of hydrogen-bond donors (Lipinski definition) is 2. The molecule has 0 radical (unpaired) electrons. The first-order chi connectivity index (χ1) is 4.79. The molecule has 0 aliphatic rings. The van der Waals surface area contributed by atoms with Crippen molar-refractivity contribution in [3.8, 4) is 0 Å². The molecule has 0 unspecified atom stereocenters. The van der Waals surface area contributed by atoms with Crippen LogP contribution in [0.2, 0.25) is 0 Å². The maximum absolute atomic E-state index is 9.00. The van der Waals surface area contributed by atoms with Crippen LogP contribution in [0.5, 0.6) is 0 Å². The van der Waals surface area contributed by atoms with Crippen LogP contribution in [-0.4, -0.2) is 17.6 Å². The van der Waals surface area contributed by atoms with Crippen molar-refractivity contribution >= 4 is 5.97 Å². The number of nitrogens with two attached hydrogens (primary N) is 1. The molecule has 3 heteroatoms. The summed E-state index contributed by atoms with van der Waals surface area (Å²) in [6, 6.07) is 0. The van der Waals surface area contributed by atoms with Crippen LogP contribution < -0.4 is 5.73 Å². The van der Waals surface area contributed by atoms with Crippen molar-refractivity contribution in [3.05, 3.63) is 0 Å². The predicted octanol–water partition coefficient (Wildman–Crippen LogP) is 1.47. The lowest BCUT2D eigenvalue weighted by Gasteiger charge is -2.15. The first-order valence-corrected chi connectivity index (χ1v) is 3.69. The number of carboxylic acids is 1. The Balaban J connectivity index is 0. The van der Waals surface area contributed by atoms with Crippen molar-refractivity contribution < 1.29 is 9.90 Å². The quantitative estimate of drug-likeness (QED) is 0.612. The molecule has 0 aromatic rings. The third-order valence-corrected chi connectivity index (χ3v) is 0.894. The molecule has 0 aliphatic heterocycles. The second-order valence-corrected chi connectivity index (χ2v) is 3.62. The van der Waals surface area contributed by atoms with Crippen LogP contribution in [0.25, 0.3) is 0 Å². The van der Waals surface area contributed by atoms with Crippen molar-refractivity contribution in [2.75, 3.05) is 6.54 Å². The minimum Gasteiger partial charge on any atom is -0.481 e. The number of carboxylic acid groups (broad SMARTS) is 1. The zero-order chi connectivity index (χ0) is 9.49. The highest BCUT2D eigenvalue weighted by molar-refractivity contribution is 5.62. The van der Waals surface area contributed by atoms with E-state index >= 15 is 0 Å². The van der Waals surface area contributed by atoms with Gasteiger partial charge in [-0.05, 0) is 18.4 Å². The molecule has 0 amide bonds. The van der Waals surface area contributed by atoms with E-state index in [0.717, 1.165) is 19.9 Å². The molecular weight excluding hydrogens is 142 g/mol. The van der Waals surface area contributed by atoms with E-state index in [1.165, 1.54) is 0 Å². The Kier molecular flexibility index (Phi) is 7.31. The second kappa shape index (κ2) is 6.16. The standard InChI is InChI=1S/C6H15N.C2H4O2/c1-6(2,3)4-5-7;1-2(3)4/h4-5,7H2,1-3H3;1H3,(H,3,4). The summed E-state index contributed by atoms with van der Waals surface area (Å²) in [5.74, 6) is -0.833. The summed E-state index contributed by atoms with van der Waals surface area (Å²) in [6.07, 6.45) is 1.12. The molecule has 0 saturated heterocycles. The molecule has 68 valence electrons. The average Bonchev–Trinajstić information content (AvgIpc) is 1.58. The van der Waals surface area contributed by atoms with Crippen molar-refractivity contribution in [2.45, 2.75) is 34.1 Å². The molecule has 0 heterocycles. The highest BCUT2D eigenvalue weighted by atomic mass is 16.4. The molecule has 0 fully saturated rings. The lowest BCUT2D eigenvalue weighted by molar-refractivity contribution is -0.134. The predicted molar refractivity (Wildman–Crippen MR) is 46.4 cm³/mol. The molecule has 11 heavy (non-hydrogen) atoms. The van der Waals surface area contributed by atoms with E-state index in [1.807, 2.05) is 0 Å². The van der Waals surface area contributed by atoms with Crippen molar-refractivity contribution in [2.24, 2.45) is 11.1 Å². The maximum Gasteiger partial charge on any atom is 0.300 e. The average molecular weight is 161 g/mol. The summed E-state index contributed by atoms with van der Waals surface area (Å²) in [5, 5.41) is 7.42. The maximum atomic E-state index is 9.00. The van der Waals surface area contributed by atoms with Crippen LogP contribution in [0, 0.1) is 5.41 Å². The van der Waals surface area contributed by atoms with Crippen LogP contribution in [0.4, 0.5) is 0 Å². The molecule has 0 aliphatic carbocycles. The molecule has 0 rings (SSSR count). The SMILES string of the molecule is CC(=O)O.CC(C)(C)CCN. The van der Waals surface area contributed by atoms with Crippen LogP contribution >= 0.6 is 0 Å². The minimum absolute atomic E-state index is 0.425. The van der Waals surface area contributed by atoms with E-state index in [1.54, 1.807) is 0 Å². The number of rotatable bonds is 1. The molecular formula is C8H19NO2. The Labute approximate surface area is 68.6 Å². The van der Waals surface area contributed by atoms with Crippen LogP contribution in [0.15, 0.2) is 0 Å². The molecule has 0 aromatic heterocycles. The van der Waals surface area contributed by atoms with E-state index < -0.39 is 5.97 Å². The van der Waals surface area contributed by atoms with Crippen molar-refractivity contribution in [3.63, 3.8) is 0 Å². The van der Waals surface area contributed by atoms with Gasteiger partial charge in [0.15, 0.2) is 0 Å². The Morgan fingerprint density at radius 3 is 1.73 bits per heavy atom. The van der Waals surface area contributed by atoms with E-state index in [9.17, 15) is 0 Å². The first-order valence-electron chi connectivity index (χ1n) is 3.69. The fourth-order valence-corrected chi connectivity index (χ4v) is 0.433. The zero-order valence-corrected chi connectivity index (χ0v) is 7.85. The zero-order valence-electron chi connectivity index (χ0n) is 7.85. The van der Waals surface area contributed by atoms with Gasteiger partial charge >= 0.3 is 0 Å². The third kappa shape index (κ3) is 44.2. The summed E-state index contributed by atoms with van der Waals surface area (Å²) in [4.78, 5) is 9.00. The fourth-order valence-electron chi connectivity index (χ4n) is 0.433. The van der Waals surface area contributed by atoms with Gasteiger partial charge in [0.1, 0.15) is 0 Å². The van der Waals surface area contributed by atoms with Gasteiger partial charge in [0.25, 0.3) is 5.97 Å². The van der Waals surface area contributed by atoms with Gasteiger partial charge in [-0.2, -0.15) is 0 Å². The van der Waals surface area contributed by atoms with E-state index in [-0.39, 0.29) is 0 Å². The molecule has 0 atom stereocenters. The molecule has 0 spiro atoms. The normalized spacial score (nSPS) is 9.91. The van der Waals surface area contributed by atoms with E-state index in [2.05, 4.69) is 20.8 Å². The van der Waals surface area contributed by atoms with Gasteiger partial charge in [-0.1, -0.05) is 20.8 Å². The van der Waals surface area contributed by atoms with Gasteiger partial charge in [0, 0.05) is 6.92 Å². The highest BCUT2D eigenvalue weighted by Gasteiger charge is 2.06. The van der Waals surface area contributed by atoms with Crippen LogP contribution in [0.3, 0.4) is 0 Å². The summed E-state index contributed by atoms with van der Waals surface area (Å²) in [6.45, 7) is 8.48. The van der Waals surface area contributed by atoms with E-state index in [4.69, 9.17) is 15.6 Å². The topological polar surface area (TPSA) is 63.3 Å². The van der Waals surface area contributed by atoms with E-state index in [0.29, 0.717) is 5.41 Å². The second-order valence-electron chi connectivity index (χ2n) is 3.62. The Morgan fingerprint density at radius 2 is 1.73 bits per heavy atom. The van der Waals surface area contributed by atoms with Gasteiger partial charge in [-0.15, -0.1) is 0 Å². The lowest BCUT2D eigenvalue weighted by Crippen LogP contribution is -2.12. The summed E-state index contributed by atoms with van der Waals surface area (Å²) >= 11 is 0. The molecule has 3 N–H and O–H groups in total. The number of carbonyl (C=O) groups is 1. The fraction of sp³-hybridized carbons (Fsp3) is 0.875. The Hall–Kier alpha value is -0.570. The summed E-state index contributed by atoms with van der Waals surface area (Å²) in [7, 11) is 0. The van der Waals surface area contributed by atoms with Gasteiger partial charge in [-0.25, -0.2) is 0 Å². The monoisotopic (exact) mass is 161 g/mol. The Morgan fingerprint density at radius 1 is 1.45 bits per heavy atom. The summed E-state index contributed by atoms with van der Waals surface area (Å²) < 4.78 is 0. The van der Waals surface area contributed by atoms with Gasteiger partial charge in [0.05, 0.1) is 0 Å². The first kappa shape index (κ1) is 13.1. The van der Waals surface area contributed by atoms with Gasteiger partial charge in [-0.3, -0.25) is 4.79 Å². The highest BCUT2D eigenvalue weighted by Crippen LogP contribution is 2.15. The largest absolute Gasteiger partial charge is 0.481 e. The molecule has 0 aromatic carbocycles. The van der Waals surface area contributed by atoms with Gasteiger partial charge < -0.3 is 10.8 Å². The number of aliphatic carboxylic acids is 1. The third-order valence-electron chi connectivity index (χ3n) is 0.894. The molecule has 3 nitrogen and oxygen atoms in total. The smallest absolute Gasteiger partial charge is 0.300 e. The van der Waals surface area contributed by atoms with Gasteiger partial charge in [0.2, 0.25) is 0 Å².